The average molecular weight is 569 g/mol. The molecule has 200 valence electrons. The largest absolute Gasteiger partial charge is 0.430 e. The van der Waals surface area contributed by atoms with E-state index in [4.69, 9.17) is 0 Å². The van der Waals surface area contributed by atoms with Crippen molar-refractivity contribution < 1.29 is 44.3 Å². The molecule has 1 aromatic heterocycles. The third-order valence-corrected chi connectivity index (χ3v) is 9.31. The molecule has 4 rings (SSSR count). The Balaban J connectivity index is 1.75. The van der Waals surface area contributed by atoms with Crippen LogP contribution in [-0.4, -0.2) is 56.4 Å². The SMILES string of the molecule is O=S(=O)(c1cccs1)N1CCN(c2ccc(C(O)(C(F)(F)F)C(F)(F)F)cc2-c2cccc(F)c2)CC1. The molecule has 0 unspecified atom stereocenters. The quantitative estimate of drug-likeness (QED) is 0.420. The number of hydrogen-bond acceptors (Lipinski definition) is 5. The van der Waals surface area contributed by atoms with Gasteiger partial charge in [-0.1, -0.05) is 24.3 Å². The lowest BCUT2D eigenvalue weighted by molar-refractivity contribution is -0.376. The summed E-state index contributed by atoms with van der Waals surface area (Å²) in [6, 6.07) is 9.65. The molecule has 14 heteroatoms. The van der Waals surface area contributed by atoms with Crippen LogP contribution in [0.2, 0.25) is 0 Å². The number of anilines is 1. The summed E-state index contributed by atoms with van der Waals surface area (Å²) in [5.74, 6) is -0.775. The number of hydrogen-bond donors (Lipinski definition) is 1. The average Bonchev–Trinajstić information content (AvgIpc) is 3.38. The molecule has 2 heterocycles. The van der Waals surface area contributed by atoms with Gasteiger partial charge in [-0.2, -0.15) is 30.6 Å². The number of alkyl halides is 6. The van der Waals surface area contributed by atoms with Gasteiger partial charge in [-0.25, -0.2) is 12.8 Å². The van der Waals surface area contributed by atoms with E-state index in [1.165, 1.54) is 22.5 Å². The molecule has 0 spiro atoms. The van der Waals surface area contributed by atoms with Crippen molar-refractivity contribution >= 4 is 27.0 Å². The summed E-state index contributed by atoms with van der Waals surface area (Å²) >= 11 is 1.04. The summed E-state index contributed by atoms with van der Waals surface area (Å²) in [5, 5.41) is 11.5. The van der Waals surface area contributed by atoms with Gasteiger partial charge in [0.05, 0.1) is 0 Å². The minimum Gasteiger partial charge on any atom is -0.369 e. The Morgan fingerprint density at radius 2 is 1.49 bits per heavy atom. The predicted molar refractivity (Wildman–Crippen MR) is 123 cm³/mol. The highest BCUT2D eigenvalue weighted by atomic mass is 32.2. The van der Waals surface area contributed by atoms with Crippen LogP contribution in [-0.2, 0) is 15.6 Å². The van der Waals surface area contributed by atoms with Crippen LogP contribution >= 0.6 is 11.3 Å². The Labute approximate surface area is 211 Å². The highest BCUT2D eigenvalue weighted by Gasteiger charge is 2.71. The molecular formula is C23H19F7N2O3S2. The van der Waals surface area contributed by atoms with Crippen LogP contribution < -0.4 is 4.90 Å². The van der Waals surface area contributed by atoms with Crippen molar-refractivity contribution in [3.63, 3.8) is 0 Å². The molecule has 0 radical (unpaired) electrons. The van der Waals surface area contributed by atoms with E-state index < -0.39 is 39.4 Å². The molecule has 5 nitrogen and oxygen atoms in total. The summed E-state index contributed by atoms with van der Waals surface area (Å²) in [6.07, 6.45) is -12.2. The number of sulfonamides is 1. The van der Waals surface area contributed by atoms with E-state index in [1.54, 1.807) is 16.3 Å². The molecule has 1 aliphatic heterocycles. The third-order valence-electron chi connectivity index (χ3n) is 6.04. The topological polar surface area (TPSA) is 60.9 Å². The van der Waals surface area contributed by atoms with Crippen molar-refractivity contribution in [1.82, 2.24) is 4.31 Å². The molecule has 2 aromatic carbocycles. The Bertz CT molecular complexity index is 1350. The summed E-state index contributed by atoms with van der Waals surface area (Å²) in [7, 11) is -3.76. The lowest BCUT2D eigenvalue weighted by Gasteiger charge is -2.37. The maximum Gasteiger partial charge on any atom is 0.430 e. The van der Waals surface area contributed by atoms with Crippen molar-refractivity contribution in [3.05, 3.63) is 71.4 Å². The van der Waals surface area contributed by atoms with Crippen LogP contribution in [0.15, 0.2) is 64.2 Å². The van der Waals surface area contributed by atoms with Gasteiger partial charge >= 0.3 is 12.4 Å². The van der Waals surface area contributed by atoms with Crippen molar-refractivity contribution in [2.75, 3.05) is 31.1 Å². The van der Waals surface area contributed by atoms with E-state index in [1.807, 2.05) is 0 Å². The van der Waals surface area contributed by atoms with Crippen LogP contribution in [0.1, 0.15) is 5.56 Å². The highest BCUT2D eigenvalue weighted by Crippen LogP contribution is 2.51. The molecule has 0 bridgehead atoms. The molecule has 1 N–H and O–H groups in total. The van der Waals surface area contributed by atoms with Crippen LogP contribution in [0.3, 0.4) is 0 Å². The normalized spacial score (nSPS) is 16.3. The number of thiophene rings is 1. The number of rotatable bonds is 5. The minimum absolute atomic E-state index is 0.000382. The Morgan fingerprint density at radius 1 is 0.838 bits per heavy atom. The molecule has 1 fully saturated rings. The van der Waals surface area contributed by atoms with E-state index in [0.717, 1.165) is 29.5 Å². The predicted octanol–water partition coefficient (Wildman–Crippen LogP) is 5.38. The Morgan fingerprint density at radius 3 is 2.03 bits per heavy atom. The number of nitrogens with zero attached hydrogens (tertiary/aromatic N) is 2. The van der Waals surface area contributed by atoms with E-state index in [2.05, 4.69) is 0 Å². The van der Waals surface area contributed by atoms with Crippen molar-refractivity contribution in [1.29, 1.82) is 0 Å². The fourth-order valence-electron chi connectivity index (χ4n) is 4.12. The van der Waals surface area contributed by atoms with E-state index in [9.17, 15) is 44.3 Å². The minimum atomic E-state index is -6.09. The van der Waals surface area contributed by atoms with Crippen molar-refractivity contribution in [2.45, 2.75) is 22.2 Å². The zero-order valence-electron chi connectivity index (χ0n) is 18.7. The maximum atomic E-state index is 14.0. The van der Waals surface area contributed by atoms with Gasteiger partial charge in [-0.05, 0) is 41.3 Å². The van der Waals surface area contributed by atoms with E-state index >= 15 is 0 Å². The van der Waals surface area contributed by atoms with Crippen molar-refractivity contribution in [3.8, 4) is 11.1 Å². The third kappa shape index (κ3) is 4.94. The van der Waals surface area contributed by atoms with E-state index in [-0.39, 0.29) is 47.2 Å². The first-order valence-corrected chi connectivity index (χ1v) is 13.0. The lowest BCUT2D eigenvalue weighted by Crippen LogP contribution is -2.54. The van der Waals surface area contributed by atoms with Gasteiger partial charge in [0, 0.05) is 43.0 Å². The smallest absolute Gasteiger partial charge is 0.369 e. The summed E-state index contributed by atoms with van der Waals surface area (Å²) in [4.78, 5) is 1.59. The Kier molecular flexibility index (Phi) is 7.07. The van der Waals surface area contributed by atoms with Gasteiger partial charge in [-0.15, -0.1) is 11.3 Å². The first-order valence-electron chi connectivity index (χ1n) is 10.7. The molecule has 1 aliphatic rings. The van der Waals surface area contributed by atoms with Crippen LogP contribution in [0.4, 0.5) is 36.4 Å². The van der Waals surface area contributed by atoms with Gasteiger partial charge < -0.3 is 10.0 Å². The standard InChI is InChI=1S/C23H19F7N2O3S2/c24-17-4-1-3-15(13-17)18-14-16(21(33,22(25,26)27)23(28,29)30)6-7-19(18)31-8-10-32(11-9-31)37(34,35)20-5-2-12-36-20/h1-7,12-14,33H,8-11H2. The fourth-order valence-corrected chi connectivity index (χ4v) is 6.69. The van der Waals surface area contributed by atoms with Gasteiger partial charge in [0.2, 0.25) is 0 Å². The number of halogens is 7. The van der Waals surface area contributed by atoms with Gasteiger partial charge in [0.15, 0.2) is 0 Å². The molecule has 0 aliphatic carbocycles. The van der Waals surface area contributed by atoms with Gasteiger partial charge in [0.1, 0.15) is 10.0 Å². The molecule has 37 heavy (non-hydrogen) atoms. The first-order chi connectivity index (χ1) is 17.2. The number of benzene rings is 2. The molecule has 1 saturated heterocycles. The maximum absolute atomic E-state index is 14.0. The second-order valence-corrected chi connectivity index (χ2v) is 11.4. The van der Waals surface area contributed by atoms with Crippen LogP contribution in [0.5, 0.6) is 0 Å². The van der Waals surface area contributed by atoms with Crippen molar-refractivity contribution in [2.24, 2.45) is 0 Å². The second-order valence-electron chi connectivity index (χ2n) is 8.27. The van der Waals surface area contributed by atoms with Crippen LogP contribution in [0, 0.1) is 5.82 Å². The molecule has 0 atom stereocenters. The van der Waals surface area contributed by atoms with E-state index in [0.29, 0.717) is 12.1 Å². The highest BCUT2D eigenvalue weighted by molar-refractivity contribution is 7.91. The van der Waals surface area contributed by atoms with Gasteiger partial charge in [0.25, 0.3) is 15.6 Å². The monoisotopic (exact) mass is 568 g/mol. The Hall–Kier alpha value is -2.68. The zero-order chi connectivity index (χ0) is 27.2. The van der Waals surface area contributed by atoms with Crippen LogP contribution in [0.25, 0.3) is 11.1 Å². The zero-order valence-corrected chi connectivity index (χ0v) is 20.4. The number of aliphatic hydroxyl groups is 1. The molecule has 0 saturated carbocycles. The number of piperazine rings is 1. The summed E-state index contributed by atoms with van der Waals surface area (Å²) in [5.41, 5.74) is -6.67. The summed E-state index contributed by atoms with van der Waals surface area (Å²) < 4.78 is 122. The molecule has 3 aromatic rings. The first kappa shape index (κ1) is 27.4. The van der Waals surface area contributed by atoms with Gasteiger partial charge in [-0.3, -0.25) is 0 Å². The molecular weight excluding hydrogens is 549 g/mol. The molecule has 0 amide bonds. The summed E-state index contributed by atoms with van der Waals surface area (Å²) in [6.45, 7) is 0.128. The fraction of sp³-hybridized carbons (Fsp3) is 0.304. The lowest BCUT2D eigenvalue weighted by atomic mass is 9.88. The second kappa shape index (κ2) is 9.57.